The molecule has 1 heterocycles. The van der Waals surface area contributed by atoms with Gasteiger partial charge in [0.2, 0.25) is 5.91 Å². The smallest absolute Gasteiger partial charge is 0.237 e. The molecule has 0 aliphatic heterocycles. The molecule has 0 fully saturated rings. The summed E-state index contributed by atoms with van der Waals surface area (Å²) >= 11 is 0. The number of furan rings is 1. The first-order valence-corrected chi connectivity index (χ1v) is 6.57. The number of rotatable bonds is 5. The maximum absolute atomic E-state index is 12.0. The van der Waals surface area contributed by atoms with Crippen molar-refractivity contribution in [1.29, 1.82) is 0 Å². The quantitative estimate of drug-likeness (QED) is 0.623. The van der Waals surface area contributed by atoms with Gasteiger partial charge in [0, 0.05) is 0 Å². The van der Waals surface area contributed by atoms with Gasteiger partial charge in [-0.25, -0.2) is 0 Å². The highest BCUT2D eigenvalue weighted by atomic mass is 16.3. The molecule has 21 heavy (non-hydrogen) atoms. The van der Waals surface area contributed by atoms with Gasteiger partial charge in [-0.3, -0.25) is 4.79 Å². The Bertz CT molecular complexity index is 610. The average molecular weight is 290 g/mol. The molecule has 2 rings (SSSR count). The van der Waals surface area contributed by atoms with Crippen molar-refractivity contribution in [1.82, 2.24) is 5.32 Å². The third kappa shape index (κ3) is 3.76. The highest BCUT2D eigenvalue weighted by Crippen LogP contribution is 2.25. The molecule has 2 atom stereocenters. The van der Waals surface area contributed by atoms with Gasteiger partial charge < -0.3 is 25.7 Å². The minimum atomic E-state index is -0.758. The molecule has 0 aliphatic rings. The van der Waals surface area contributed by atoms with Crippen LogP contribution in [0.2, 0.25) is 0 Å². The van der Waals surface area contributed by atoms with E-state index in [9.17, 15) is 15.0 Å². The Morgan fingerprint density at radius 2 is 2.10 bits per heavy atom. The first-order chi connectivity index (χ1) is 9.97. The predicted molar refractivity (Wildman–Crippen MR) is 76.7 cm³/mol. The molecule has 0 saturated carbocycles. The van der Waals surface area contributed by atoms with E-state index in [0.29, 0.717) is 11.3 Å². The Morgan fingerprint density at radius 1 is 1.33 bits per heavy atom. The second-order valence-corrected chi connectivity index (χ2v) is 4.88. The normalized spacial score (nSPS) is 13.6. The molecule has 0 spiro atoms. The van der Waals surface area contributed by atoms with E-state index in [4.69, 9.17) is 10.2 Å². The topological polar surface area (TPSA) is 109 Å². The number of nitrogens with one attached hydrogen (secondary N) is 1. The number of amides is 1. The minimum Gasteiger partial charge on any atom is -0.504 e. The number of phenols is 2. The Kier molecular flexibility index (Phi) is 4.49. The van der Waals surface area contributed by atoms with Crippen molar-refractivity contribution >= 4 is 5.91 Å². The van der Waals surface area contributed by atoms with E-state index in [1.54, 1.807) is 25.1 Å². The summed E-state index contributed by atoms with van der Waals surface area (Å²) in [6.07, 6.45) is 1.79. The molecule has 0 saturated heterocycles. The van der Waals surface area contributed by atoms with Crippen LogP contribution in [-0.2, 0) is 11.2 Å². The third-order valence-electron chi connectivity index (χ3n) is 3.16. The fraction of sp³-hybridized carbons (Fsp3) is 0.267. The molecule has 112 valence electrons. The van der Waals surface area contributed by atoms with Crippen LogP contribution in [-0.4, -0.2) is 22.2 Å². The second kappa shape index (κ2) is 6.32. The molecular weight excluding hydrogens is 272 g/mol. The molecule has 1 amide bonds. The zero-order valence-corrected chi connectivity index (χ0v) is 11.6. The van der Waals surface area contributed by atoms with Crippen LogP contribution < -0.4 is 11.1 Å². The van der Waals surface area contributed by atoms with Crippen molar-refractivity contribution in [2.24, 2.45) is 5.73 Å². The van der Waals surface area contributed by atoms with Gasteiger partial charge in [0.05, 0.1) is 18.3 Å². The minimum absolute atomic E-state index is 0.205. The lowest BCUT2D eigenvalue weighted by molar-refractivity contribution is -0.123. The van der Waals surface area contributed by atoms with E-state index < -0.39 is 6.04 Å². The number of hydrogen-bond donors (Lipinski definition) is 4. The number of hydrogen-bond acceptors (Lipinski definition) is 5. The van der Waals surface area contributed by atoms with Gasteiger partial charge in [-0.15, -0.1) is 0 Å². The van der Waals surface area contributed by atoms with Crippen LogP contribution >= 0.6 is 0 Å². The van der Waals surface area contributed by atoms with Crippen molar-refractivity contribution in [3.8, 4) is 11.5 Å². The molecule has 5 N–H and O–H groups in total. The lowest BCUT2D eigenvalue weighted by Crippen LogP contribution is -2.42. The molecule has 2 aromatic rings. The SMILES string of the molecule is C[C@H](NC(=O)[C@@H](N)Cc1ccc(O)c(O)c1)c1ccco1. The summed E-state index contributed by atoms with van der Waals surface area (Å²) < 4.78 is 5.21. The van der Waals surface area contributed by atoms with Gasteiger partial charge in [0.15, 0.2) is 11.5 Å². The van der Waals surface area contributed by atoms with Crippen LogP contribution in [0, 0.1) is 0 Å². The van der Waals surface area contributed by atoms with Gasteiger partial charge in [-0.1, -0.05) is 6.07 Å². The maximum Gasteiger partial charge on any atom is 0.237 e. The Balaban J connectivity index is 1.94. The summed E-state index contributed by atoms with van der Waals surface area (Å²) in [5, 5.41) is 21.4. The highest BCUT2D eigenvalue weighted by Gasteiger charge is 2.18. The molecule has 6 heteroatoms. The third-order valence-corrected chi connectivity index (χ3v) is 3.16. The van der Waals surface area contributed by atoms with Crippen LogP contribution in [0.1, 0.15) is 24.3 Å². The number of benzene rings is 1. The fourth-order valence-corrected chi connectivity index (χ4v) is 1.97. The largest absolute Gasteiger partial charge is 0.504 e. The lowest BCUT2D eigenvalue weighted by atomic mass is 10.0. The average Bonchev–Trinajstić information content (AvgIpc) is 2.97. The number of phenolic OH excluding ortho intramolecular Hbond substituents is 2. The van der Waals surface area contributed by atoms with Gasteiger partial charge in [0.1, 0.15) is 5.76 Å². The predicted octanol–water partition coefficient (Wildman–Crippen LogP) is 1.44. The van der Waals surface area contributed by atoms with Crippen molar-refractivity contribution in [2.45, 2.75) is 25.4 Å². The van der Waals surface area contributed by atoms with Crippen molar-refractivity contribution in [2.75, 3.05) is 0 Å². The summed E-state index contributed by atoms with van der Waals surface area (Å²) in [4.78, 5) is 12.0. The first kappa shape index (κ1) is 14.9. The van der Waals surface area contributed by atoms with Crippen LogP contribution in [0.3, 0.4) is 0 Å². The molecule has 1 aromatic carbocycles. The summed E-state index contributed by atoms with van der Waals surface area (Å²) in [5.41, 5.74) is 6.52. The van der Waals surface area contributed by atoms with E-state index in [0.717, 1.165) is 0 Å². The van der Waals surface area contributed by atoms with Crippen molar-refractivity contribution in [3.63, 3.8) is 0 Å². The number of nitrogens with two attached hydrogens (primary N) is 1. The number of carbonyl (C=O) groups is 1. The van der Waals surface area contributed by atoms with Gasteiger partial charge >= 0.3 is 0 Å². The first-order valence-electron chi connectivity index (χ1n) is 6.57. The van der Waals surface area contributed by atoms with E-state index in [1.165, 1.54) is 18.4 Å². The summed E-state index contributed by atoms with van der Waals surface area (Å²) in [5.74, 6) is -0.100. The maximum atomic E-state index is 12.0. The number of aromatic hydroxyl groups is 2. The summed E-state index contributed by atoms with van der Waals surface area (Å²) in [6, 6.07) is 6.85. The summed E-state index contributed by atoms with van der Waals surface area (Å²) in [7, 11) is 0. The van der Waals surface area contributed by atoms with Crippen LogP contribution in [0.15, 0.2) is 41.0 Å². The van der Waals surface area contributed by atoms with Gasteiger partial charge in [-0.05, 0) is 43.2 Å². The summed E-state index contributed by atoms with van der Waals surface area (Å²) in [6.45, 7) is 1.80. The van der Waals surface area contributed by atoms with Gasteiger partial charge in [-0.2, -0.15) is 0 Å². The second-order valence-electron chi connectivity index (χ2n) is 4.88. The molecule has 6 nitrogen and oxygen atoms in total. The molecule has 0 unspecified atom stereocenters. The monoisotopic (exact) mass is 290 g/mol. The molecular formula is C15H18N2O4. The van der Waals surface area contributed by atoms with Crippen molar-refractivity contribution < 1.29 is 19.4 Å². The standard InChI is InChI=1S/C15H18N2O4/c1-9(14-3-2-6-21-14)17-15(20)11(16)7-10-4-5-12(18)13(19)8-10/h2-6,8-9,11,18-19H,7,16H2,1H3,(H,17,20)/t9-,11-/m0/s1. The van der Waals surface area contributed by atoms with E-state index in [1.807, 2.05) is 0 Å². The van der Waals surface area contributed by atoms with E-state index >= 15 is 0 Å². The van der Waals surface area contributed by atoms with E-state index in [2.05, 4.69) is 5.32 Å². The lowest BCUT2D eigenvalue weighted by Gasteiger charge is -2.16. The van der Waals surface area contributed by atoms with Crippen LogP contribution in [0.5, 0.6) is 11.5 Å². The molecule has 1 aromatic heterocycles. The molecule has 0 radical (unpaired) electrons. The van der Waals surface area contributed by atoms with Crippen molar-refractivity contribution in [3.05, 3.63) is 47.9 Å². The van der Waals surface area contributed by atoms with Crippen LogP contribution in [0.4, 0.5) is 0 Å². The Labute approximate surface area is 122 Å². The van der Waals surface area contributed by atoms with E-state index in [-0.39, 0.29) is 29.9 Å². The molecule has 0 aliphatic carbocycles. The molecule has 0 bridgehead atoms. The zero-order chi connectivity index (χ0) is 15.4. The Hall–Kier alpha value is -2.47. The Morgan fingerprint density at radius 3 is 2.71 bits per heavy atom. The number of carbonyl (C=O) groups excluding carboxylic acids is 1. The van der Waals surface area contributed by atoms with Gasteiger partial charge in [0.25, 0.3) is 0 Å². The fourth-order valence-electron chi connectivity index (χ4n) is 1.97. The van der Waals surface area contributed by atoms with Crippen LogP contribution in [0.25, 0.3) is 0 Å². The zero-order valence-electron chi connectivity index (χ0n) is 11.6. The highest BCUT2D eigenvalue weighted by molar-refractivity contribution is 5.82.